The Morgan fingerprint density at radius 3 is 2.32 bits per heavy atom. The highest BCUT2D eigenvalue weighted by atomic mass is 35.5. The Balaban J connectivity index is 1.80. The van der Waals surface area contributed by atoms with E-state index in [1.54, 1.807) is 19.2 Å². The van der Waals surface area contributed by atoms with E-state index in [-0.39, 0.29) is 0 Å². The summed E-state index contributed by atoms with van der Waals surface area (Å²) in [7, 11) is 0. The molecule has 0 bridgehead atoms. The van der Waals surface area contributed by atoms with Crippen molar-refractivity contribution in [2.45, 2.75) is 24.9 Å². The highest BCUT2D eigenvalue weighted by Gasteiger charge is 2.37. The van der Waals surface area contributed by atoms with Crippen LogP contribution >= 0.6 is 11.6 Å². The highest BCUT2D eigenvalue weighted by Crippen LogP contribution is 2.34. The Morgan fingerprint density at radius 1 is 1.03 bits per heavy atom. The molecule has 8 heteroatoms. The molecule has 1 atom stereocenters. The van der Waals surface area contributed by atoms with Crippen LogP contribution in [-0.2, 0) is 22.8 Å². The third kappa shape index (κ3) is 3.93. The van der Waals surface area contributed by atoms with Crippen molar-refractivity contribution >= 4 is 22.5 Å². The number of benzene rings is 2. The van der Waals surface area contributed by atoms with Crippen LogP contribution in [0, 0.1) is 0 Å². The third-order valence-corrected chi connectivity index (χ3v) is 5.74. The average molecular weight is 444 g/mol. The molecule has 31 heavy (non-hydrogen) atoms. The van der Waals surface area contributed by atoms with Gasteiger partial charge in [0.05, 0.1) is 22.9 Å². The van der Waals surface area contributed by atoms with Crippen LogP contribution in [-0.4, -0.2) is 19.8 Å². The fraction of sp³-hybridized carbons (Fsp3) is 0.174. The monoisotopic (exact) mass is 443 g/mol. The zero-order valence-electron chi connectivity index (χ0n) is 16.4. The van der Waals surface area contributed by atoms with Gasteiger partial charge in [-0.25, -0.2) is 9.50 Å². The predicted octanol–water partition coefficient (Wildman–Crippen LogP) is 5.68. The van der Waals surface area contributed by atoms with Crippen LogP contribution in [0.25, 0.3) is 16.8 Å². The quantitative estimate of drug-likeness (QED) is 0.373. The molecule has 2 aromatic carbocycles. The van der Waals surface area contributed by atoms with Crippen molar-refractivity contribution in [3.63, 3.8) is 0 Å². The van der Waals surface area contributed by atoms with Gasteiger partial charge < -0.3 is 0 Å². The average Bonchev–Trinajstić information content (AvgIpc) is 3.18. The van der Waals surface area contributed by atoms with Crippen molar-refractivity contribution in [1.29, 1.82) is 0 Å². The van der Waals surface area contributed by atoms with Crippen LogP contribution in [0.4, 0.5) is 13.2 Å². The van der Waals surface area contributed by atoms with E-state index in [1.807, 2.05) is 30.3 Å². The SMILES string of the molecule is CC(Cc1ccccc1)(C(=O)Cl)c1ccnc2c(-c3ccc(C(F)(F)F)cc3)cnn12. The maximum Gasteiger partial charge on any atom is 0.416 e. The molecule has 0 N–H and O–H groups in total. The first-order valence-electron chi connectivity index (χ1n) is 9.45. The van der Waals surface area contributed by atoms with Gasteiger partial charge in [0.2, 0.25) is 5.24 Å². The van der Waals surface area contributed by atoms with Crippen LogP contribution in [0.2, 0.25) is 0 Å². The number of alkyl halides is 3. The number of carbonyl (C=O) groups is 1. The number of hydrogen-bond donors (Lipinski definition) is 0. The highest BCUT2D eigenvalue weighted by molar-refractivity contribution is 6.65. The maximum atomic E-state index is 12.9. The minimum Gasteiger partial charge on any atom is -0.280 e. The lowest BCUT2D eigenvalue weighted by Gasteiger charge is -2.26. The Morgan fingerprint density at radius 2 is 1.71 bits per heavy atom. The third-order valence-electron chi connectivity index (χ3n) is 5.32. The van der Waals surface area contributed by atoms with Gasteiger partial charge in [-0.3, -0.25) is 4.79 Å². The summed E-state index contributed by atoms with van der Waals surface area (Å²) in [5.74, 6) is 0. The summed E-state index contributed by atoms with van der Waals surface area (Å²) in [4.78, 5) is 16.9. The number of rotatable bonds is 5. The molecule has 0 amide bonds. The topological polar surface area (TPSA) is 47.3 Å². The summed E-state index contributed by atoms with van der Waals surface area (Å²) in [5, 5.41) is 3.83. The molecule has 0 aliphatic heterocycles. The molecule has 2 heterocycles. The molecule has 0 spiro atoms. The Kier molecular flexibility index (Phi) is 5.31. The molecular formula is C23H17ClF3N3O. The van der Waals surface area contributed by atoms with Gasteiger partial charge in [0.1, 0.15) is 0 Å². The van der Waals surface area contributed by atoms with E-state index in [4.69, 9.17) is 11.6 Å². The number of carbonyl (C=O) groups excluding carboxylic acids is 1. The van der Waals surface area contributed by atoms with Crippen molar-refractivity contribution in [2.24, 2.45) is 0 Å². The normalized spacial score (nSPS) is 13.8. The lowest BCUT2D eigenvalue weighted by Crippen LogP contribution is -2.34. The van der Waals surface area contributed by atoms with Gasteiger partial charge in [0, 0.05) is 11.8 Å². The lowest BCUT2D eigenvalue weighted by atomic mass is 9.81. The minimum atomic E-state index is -4.41. The number of aromatic nitrogens is 3. The van der Waals surface area contributed by atoms with E-state index in [0.717, 1.165) is 17.7 Å². The van der Waals surface area contributed by atoms with Crippen molar-refractivity contribution in [3.05, 3.63) is 89.9 Å². The molecular weight excluding hydrogens is 427 g/mol. The first kappa shape index (κ1) is 21.1. The fourth-order valence-electron chi connectivity index (χ4n) is 3.62. The van der Waals surface area contributed by atoms with Crippen molar-refractivity contribution in [2.75, 3.05) is 0 Å². The zero-order chi connectivity index (χ0) is 22.2. The molecule has 0 radical (unpaired) electrons. The van der Waals surface area contributed by atoms with Gasteiger partial charge in [-0.2, -0.15) is 18.3 Å². The largest absolute Gasteiger partial charge is 0.416 e. The van der Waals surface area contributed by atoms with Gasteiger partial charge in [-0.15, -0.1) is 0 Å². The summed E-state index contributed by atoms with van der Waals surface area (Å²) in [6.07, 6.45) is -0.991. The maximum absolute atomic E-state index is 12.9. The van der Waals surface area contributed by atoms with E-state index in [1.165, 1.54) is 22.8 Å². The van der Waals surface area contributed by atoms with Crippen molar-refractivity contribution in [1.82, 2.24) is 14.6 Å². The molecule has 0 aliphatic carbocycles. The summed E-state index contributed by atoms with van der Waals surface area (Å²) in [6.45, 7) is 1.74. The minimum absolute atomic E-state index is 0.352. The predicted molar refractivity (Wildman–Crippen MR) is 112 cm³/mol. The molecule has 4 aromatic rings. The second-order valence-corrected chi connectivity index (χ2v) is 7.81. The molecule has 0 fully saturated rings. The molecule has 158 valence electrons. The van der Waals surface area contributed by atoms with Crippen molar-refractivity contribution < 1.29 is 18.0 Å². The van der Waals surface area contributed by atoms with Crippen LogP contribution in [0.1, 0.15) is 23.7 Å². The summed E-state index contributed by atoms with van der Waals surface area (Å²) < 4.78 is 40.2. The fourth-order valence-corrected chi connectivity index (χ4v) is 3.78. The smallest absolute Gasteiger partial charge is 0.280 e. The summed E-state index contributed by atoms with van der Waals surface area (Å²) in [6, 6.07) is 15.9. The Labute approximate surface area is 181 Å². The Hall–Kier alpha value is -3.19. The van der Waals surface area contributed by atoms with Crippen LogP contribution < -0.4 is 0 Å². The van der Waals surface area contributed by atoms with Gasteiger partial charge in [-0.1, -0.05) is 42.5 Å². The summed E-state index contributed by atoms with van der Waals surface area (Å²) >= 11 is 6.05. The Bertz CT molecular complexity index is 1240. The standard InChI is InChI=1S/C23H17ClF3N3O/c1-22(21(24)31,13-15-5-3-2-4-6-15)19-11-12-28-20-18(14-29-30(19)20)16-7-9-17(10-8-16)23(25,26)27/h2-12,14H,13H2,1H3. The van der Waals surface area contributed by atoms with E-state index in [2.05, 4.69) is 10.1 Å². The van der Waals surface area contributed by atoms with E-state index >= 15 is 0 Å². The van der Waals surface area contributed by atoms with E-state index in [0.29, 0.717) is 28.9 Å². The lowest BCUT2D eigenvalue weighted by molar-refractivity contribution is -0.137. The number of fused-ring (bicyclic) bond motifs is 1. The summed E-state index contributed by atoms with van der Waals surface area (Å²) in [5.41, 5.74) is 1.17. The first-order chi connectivity index (χ1) is 14.7. The molecule has 1 unspecified atom stereocenters. The molecule has 4 rings (SSSR count). The van der Waals surface area contributed by atoms with Gasteiger partial charge in [-0.05, 0) is 54.3 Å². The van der Waals surface area contributed by atoms with Crippen molar-refractivity contribution in [3.8, 4) is 11.1 Å². The number of nitrogens with zero attached hydrogens (tertiary/aromatic N) is 3. The molecule has 2 aromatic heterocycles. The zero-order valence-corrected chi connectivity index (χ0v) is 17.2. The van der Waals surface area contributed by atoms with E-state index < -0.39 is 22.4 Å². The molecule has 0 saturated heterocycles. The number of hydrogen-bond acceptors (Lipinski definition) is 3. The van der Waals surface area contributed by atoms with Gasteiger partial charge in [0.15, 0.2) is 5.65 Å². The molecule has 0 aliphatic rings. The van der Waals surface area contributed by atoms with Crippen LogP contribution in [0.5, 0.6) is 0 Å². The number of halogens is 4. The van der Waals surface area contributed by atoms with Crippen LogP contribution in [0.3, 0.4) is 0 Å². The second-order valence-electron chi connectivity index (χ2n) is 7.47. The van der Waals surface area contributed by atoms with Crippen LogP contribution in [0.15, 0.2) is 73.1 Å². The molecule has 0 saturated carbocycles. The first-order valence-corrected chi connectivity index (χ1v) is 9.83. The van der Waals surface area contributed by atoms with Gasteiger partial charge in [0.25, 0.3) is 0 Å². The second kappa shape index (κ2) is 7.81. The molecule has 4 nitrogen and oxygen atoms in total. The van der Waals surface area contributed by atoms with E-state index in [9.17, 15) is 18.0 Å². The van der Waals surface area contributed by atoms with Gasteiger partial charge >= 0.3 is 6.18 Å².